The minimum absolute atomic E-state index is 0.0567. The number of hydrogen-bond acceptors (Lipinski definition) is 2. The Morgan fingerprint density at radius 3 is 2.64 bits per heavy atom. The zero-order valence-corrected chi connectivity index (χ0v) is 10.8. The van der Waals surface area contributed by atoms with E-state index in [1.807, 2.05) is 6.07 Å². The van der Waals surface area contributed by atoms with Crippen LogP contribution in [-0.2, 0) is 0 Å². The third-order valence-electron chi connectivity index (χ3n) is 1.80. The molecule has 0 heterocycles. The molecule has 0 saturated heterocycles. The van der Waals surface area contributed by atoms with Gasteiger partial charge in [-0.25, -0.2) is 0 Å². The van der Waals surface area contributed by atoms with Crippen LogP contribution < -0.4 is 4.74 Å². The fourth-order valence-electron chi connectivity index (χ4n) is 1.04. The standard InChI is InChI=1S/C10H10ClIO2/c1-6(11)10(13)8-4-3-7(14-2)5-9(8)12/h3-6H,1-2H3. The van der Waals surface area contributed by atoms with Gasteiger partial charge in [0.25, 0.3) is 0 Å². The lowest BCUT2D eigenvalue weighted by Crippen LogP contribution is -2.12. The van der Waals surface area contributed by atoms with E-state index >= 15 is 0 Å². The van der Waals surface area contributed by atoms with Gasteiger partial charge in [0, 0.05) is 9.13 Å². The lowest BCUT2D eigenvalue weighted by atomic mass is 10.1. The van der Waals surface area contributed by atoms with Crippen molar-refractivity contribution in [3.8, 4) is 5.75 Å². The summed E-state index contributed by atoms with van der Waals surface area (Å²) in [5.41, 5.74) is 0.647. The smallest absolute Gasteiger partial charge is 0.181 e. The maximum atomic E-state index is 11.6. The molecule has 0 aliphatic carbocycles. The van der Waals surface area contributed by atoms with Gasteiger partial charge in [0.05, 0.1) is 12.5 Å². The van der Waals surface area contributed by atoms with Crippen LogP contribution in [0.5, 0.6) is 5.75 Å². The van der Waals surface area contributed by atoms with Crippen molar-refractivity contribution in [2.45, 2.75) is 12.3 Å². The Bertz CT molecular complexity index is 350. The summed E-state index contributed by atoms with van der Waals surface area (Å²) in [6.45, 7) is 1.67. The molecule has 76 valence electrons. The average Bonchev–Trinajstić information content (AvgIpc) is 2.16. The Morgan fingerprint density at radius 1 is 1.57 bits per heavy atom. The molecule has 0 radical (unpaired) electrons. The van der Waals surface area contributed by atoms with E-state index in [1.165, 1.54) is 0 Å². The third-order valence-corrected chi connectivity index (χ3v) is 2.89. The van der Waals surface area contributed by atoms with Gasteiger partial charge in [-0.05, 0) is 47.7 Å². The second-order valence-corrected chi connectivity index (χ2v) is 4.64. The van der Waals surface area contributed by atoms with Crippen LogP contribution in [0, 0.1) is 3.57 Å². The van der Waals surface area contributed by atoms with Gasteiger partial charge in [-0.2, -0.15) is 0 Å². The summed E-state index contributed by atoms with van der Waals surface area (Å²) < 4.78 is 5.90. The molecule has 0 saturated carbocycles. The number of halogens is 2. The van der Waals surface area contributed by atoms with Crippen molar-refractivity contribution < 1.29 is 9.53 Å². The summed E-state index contributed by atoms with van der Waals surface area (Å²) >= 11 is 7.82. The summed E-state index contributed by atoms with van der Waals surface area (Å²) in [6, 6.07) is 5.31. The first-order chi connectivity index (χ1) is 6.56. The molecule has 0 aromatic heterocycles. The van der Waals surface area contributed by atoms with Gasteiger partial charge in [-0.1, -0.05) is 0 Å². The Kier molecular flexibility index (Phi) is 4.19. The Balaban J connectivity index is 3.06. The van der Waals surface area contributed by atoms with Crippen LogP contribution in [0.2, 0.25) is 0 Å². The molecule has 0 bridgehead atoms. The molecule has 14 heavy (non-hydrogen) atoms. The van der Waals surface area contributed by atoms with Crippen molar-refractivity contribution in [1.82, 2.24) is 0 Å². The van der Waals surface area contributed by atoms with Gasteiger partial charge in [0.15, 0.2) is 5.78 Å². The number of Topliss-reactive ketones (excluding diaryl/α,β-unsaturated/α-hetero) is 1. The first kappa shape index (κ1) is 11.8. The van der Waals surface area contributed by atoms with Crippen LogP contribution >= 0.6 is 34.2 Å². The molecule has 0 spiro atoms. The van der Waals surface area contributed by atoms with Crippen molar-refractivity contribution in [2.24, 2.45) is 0 Å². The molecule has 0 aliphatic heterocycles. The van der Waals surface area contributed by atoms with Crippen LogP contribution in [0.1, 0.15) is 17.3 Å². The molecule has 1 rings (SSSR count). The summed E-state index contributed by atoms with van der Waals surface area (Å²) in [5, 5.41) is -0.489. The molecule has 1 atom stereocenters. The van der Waals surface area contributed by atoms with Crippen molar-refractivity contribution in [3.05, 3.63) is 27.3 Å². The number of rotatable bonds is 3. The van der Waals surface area contributed by atoms with Crippen molar-refractivity contribution in [1.29, 1.82) is 0 Å². The summed E-state index contributed by atoms with van der Waals surface area (Å²) in [7, 11) is 1.59. The van der Waals surface area contributed by atoms with Crippen molar-refractivity contribution in [3.63, 3.8) is 0 Å². The molecular formula is C10H10ClIO2. The van der Waals surface area contributed by atoms with Gasteiger partial charge in [0.1, 0.15) is 5.75 Å². The van der Waals surface area contributed by atoms with Gasteiger partial charge in [0.2, 0.25) is 0 Å². The van der Waals surface area contributed by atoms with Gasteiger partial charge >= 0.3 is 0 Å². The topological polar surface area (TPSA) is 26.3 Å². The Hall–Kier alpha value is -0.290. The van der Waals surface area contributed by atoms with Crippen molar-refractivity contribution >= 4 is 40.0 Å². The molecule has 0 fully saturated rings. The lowest BCUT2D eigenvalue weighted by molar-refractivity contribution is 0.0991. The van der Waals surface area contributed by atoms with E-state index in [4.69, 9.17) is 16.3 Å². The average molecular weight is 325 g/mol. The fraction of sp³-hybridized carbons (Fsp3) is 0.300. The van der Waals surface area contributed by atoms with Crippen LogP contribution in [0.25, 0.3) is 0 Å². The number of benzene rings is 1. The third kappa shape index (κ3) is 2.60. The lowest BCUT2D eigenvalue weighted by Gasteiger charge is -2.07. The Morgan fingerprint density at radius 2 is 2.21 bits per heavy atom. The summed E-state index contributed by atoms with van der Waals surface area (Å²) in [6.07, 6.45) is 0. The molecular weight excluding hydrogens is 314 g/mol. The van der Waals surface area contributed by atoms with E-state index in [1.54, 1.807) is 26.2 Å². The zero-order valence-electron chi connectivity index (χ0n) is 7.88. The first-order valence-corrected chi connectivity index (χ1v) is 5.59. The minimum atomic E-state index is -0.489. The molecule has 0 amide bonds. The predicted molar refractivity (Wildman–Crippen MR) is 65.4 cm³/mol. The maximum absolute atomic E-state index is 11.6. The van der Waals surface area contributed by atoms with Gasteiger partial charge in [-0.15, -0.1) is 11.6 Å². The van der Waals surface area contributed by atoms with E-state index in [0.717, 1.165) is 9.32 Å². The second-order valence-electron chi connectivity index (χ2n) is 2.83. The first-order valence-electron chi connectivity index (χ1n) is 4.08. The number of carbonyl (C=O) groups is 1. The highest BCUT2D eigenvalue weighted by Crippen LogP contribution is 2.21. The number of ketones is 1. The van der Waals surface area contributed by atoms with E-state index < -0.39 is 5.38 Å². The zero-order chi connectivity index (χ0) is 10.7. The number of hydrogen-bond donors (Lipinski definition) is 0. The number of ether oxygens (including phenoxy) is 1. The number of methoxy groups -OCH3 is 1. The molecule has 0 N–H and O–H groups in total. The normalized spacial score (nSPS) is 12.3. The Labute approximate surface area is 102 Å². The highest BCUT2D eigenvalue weighted by molar-refractivity contribution is 14.1. The van der Waals surface area contributed by atoms with E-state index in [-0.39, 0.29) is 5.78 Å². The highest BCUT2D eigenvalue weighted by atomic mass is 127. The highest BCUT2D eigenvalue weighted by Gasteiger charge is 2.15. The van der Waals surface area contributed by atoms with Gasteiger partial charge < -0.3 is 4.74 Å². The van der Waals surface area contributed by atoms with E-state index in [2.05, 4.69) is 22.6 Å². The van der Waals surface area contributed by atoms with Crippen LogP contribution in [-0.4, -0.2) is 18.3 Å². The van der Waals surface area contributed by atoms with Crippen molar-refractivity contribution in [2.75, 3.05) is 7.11 Å². The predicted octanol–water partition coefficient (Wildman–Crippen LogP) is 3.11. The largest absolute Gasteiger partial charge is 0.497 e. The molecule has 1 aromatic rings. The quantitative estimate of drug-likeness (QED) is 0.485. The SMILES string of the molecule is COc1ccc(C(=O)C(C)Cl)c(I)c1. The van der Waals surface area contributed by atoms with Crippen LogP contribution in [0.15, 0.2) is 18.2 Å². The summed E-state index contributed by atoms with van der Waals surface area (Å²) in [4.78, 5) is 11.6. The molecule has 1 aromatic carbocycles. The number of carbonyl (C=O) groups excluding carboxylic acids is 1. The molecule has 4 heteroatoms. The fourth-order valence-corrected chi connectivity index (χ4v) is 1.91. The van der Waals surface area contributed by atoms with E-state index in [9.17, 15) is 4.79 Å². The molecule has 2 nitrogen and oxygen atoms in total. The summed E-state index contributed by atoms with van der Waals surface area (Å²) in [5.74, 6) is 0.687. The van der Waals surface area contributed by atoms with E-state index in [0.29, 0.717) is 5.56 Å². The van der Waals surface area contributed by atoms with Gasteiger partial charge in [-0.3, -0.25) is 4.79 Å². The van der Waals surface area contributed by atoms with Crippen LogP contribution in [0.4, 0.5) is 0 Å². The maximum Gasteiger partial charge on any atom is 0.181 e. The molecule has 1 unspecified atom stereocenters. The monoisotopic (exact) mass is 324 g/mol. The molecule has 0 aliphatic rings. The minimum Gasteiger partial charge on any atom is -0.497 e. The number of alkyl halides is 1. The van der Waals surface area contributed by atoms with Crippen LogP contribution in [0.3, 0.4) is 0 Å². The second kappa shape index (κ2) is 4.98.